The number of piperidine rings is 1. The molecule has 1 aromatic carbocycles. The summed E-state index contributed by atoms with van der Waals surface area (Å²) in [5.41, 5.74) is 0.425. The number of likely N-dealkylation sites (tertiary alicyclic amines) is 1. The van der Waals surface area contributed by atoms with Crippen molar-refractivity contribution in [2.45, 2.75) is 62.5 Å². The molecule has 0 bridgehead atoms. The first-order valence-electron chi connectivity index (χ1n) is 9.53. The molecule has 1 N–H and O–H groups in total. The Morgan fingerprint density at radius 3 is 2.54 bits per heavy atom. The van der Waals surface area contributed by atoms with Crippen LogP contribution in [0.3, 0.4) is 0 Å². The highest BCUT2D eigenvalue weighted by molar-refractivity contribution is 7.89. The van der Waals surface area contributed by atoms with Gasteiger partial charge in [-0.1, -0.05) is 18.9 Å². The largest absolute Gasteiger partial charge is 0.378 e. The lowest BCUT2D eigenvalue weighted by atomic mass is 10.1. The van der Waals surface area contributed by atoms with E-state index in [0.29, 0.717) is 25.3 Å². The van der Waals surface area contributed by atoms with E-state index >= 15 is 0 Å². The maximum Gasteiger partial charge on any atom is 0.253 e. The van der Waals surface area contributed by atoms with Crippen molar-refractivity contribution in [3.63, 3.8) is 0 Å². The predicted octanol–water partition coefficient (Wildman–Crippen LogP) is 2.55. The molecule has 0 radical (unpaired) electrons. The van der Waals surface area contributed by atoms with E-state index < -0.39 is 10.0 Å². The van der Waals surface area contributed by atoms with Crippen molar-refractivity contribution < 1.29 is 17.9 Å². The molecule has 7 heteroatoms. The molecular weight excluding hydrogens is 352 g/mol. The van der Waals surface area contributed by atoms with Crippen LogP contribution in [-0.2, 0) is 14.8 Å². The number of carbonyl (C=O) groups excluding carboxylic acids is 1. The third-order valence-electron chi connectivity index (χ3n) is 5.20. The SMILES string of the molecule is CCOC1CCN(C(=O)c2cccc(S(=O)(=O)NC3CCCC3)c2)CC1. The lowest BCUT2D eigenvalue weighted by Gasteiger charge is -2.31. The van der Waals surface area contributed by atoms with E-state index in [0.717, 1.165) is 38.5 Å². The van der Waals surface area contributed by atoms with Gasteiger partial charge in [0.15, 0.2) is 0 Å². The van der Waals surface area contributed by atoms with Crippen LogP contribution in [0.25, 0.3) is 0 Å². The van der Waals surface area contributed by atoms with Gasteiger partial charge in [-0.3, -0.25) is 4.79 Å². The molecule has 0 atom stereocenters. The topological polar surface area (TPSA) is 75.7 Å². The lowest BCUT2D eigenvalue weighted by Crippen LogP contribution is -2.41. The smallest absolute Gasteiger partial charge is 0.253 e. The van der Waals surface area contributed by atoms with E-state index in [1.807, 2.05) is 6.92 Å². The zero-order valence-corrected chi connectivity index (χ0v) is 16.1. The first kappa shape index (κ1) is 19.3. The second-order valence-corrected chi connectivity index (χ2v) is 8.79. The summed E-state index contributed by atoms with van der Waals surface area (Å²) in [6.45, 7) is 3.94. The normalized spacial score (nSPS) is 19.8. The number of nitrogens with one attached hydrogen (secondary N) is 1. The predicted molar refractivity (Wildman–Crippen MR) is 99.6 cm³/mol. The van der Waals surface area contributed by atoms with Crippen LogP contribution >= 0.6 is 0 Å². The molecule has 0 aromatic heterocycles. The molecule has 2 fully saturated rings. The maximum absolute atomic E-state index is 12.8. The van der Waals surface area contributed by atoms with Gasteiger partial charge in [0.25, 0.3) is 5.91 Å². The fourth-order valence-corrected chi connectivity index (χ4v) is 5.12. The zero-order chi connectivity index (χ0) is 18.6. The standard InChI is InChI=1S/C19H28N2O4S/c1-2-25-17-10-12-21(13-11-17)19(22)15-6-5-9-18(14-15)26(23,24)20-16-7-3-4-8-16/h5-6,9,14,16-17,20H,2-4,7-8,10-13H2,1H3. The van der Waals surface area contributed by atoms with Gasteiger partial charge in [0.2, 0.25) is 10.0 Å². The van der Waals surface area contributed by atoms with Crippen molar-refractivity contribution in [1.82, 2.24) is 9.62 Å². The summed E-state index contributed by atoms with van der Waals surface area (Å²) in [6.07, 6.45) is 5.74. The van der Waals surface area contributed by atoms with Crippen LogP contribution in [0.4, 0.5) is 0 Å². The minimum atomic E-state index is -3.59. The number of hydrogen-bond acceptors (Lipinski definition) is 4. The van der Waals surface area contributed by atoms with Gasteiger partial charge in [-0.25, -0.2) is 13.1 Å². The fourth-order valence-electron chi connectivity index (χ4n) is 3.77. The average Bonchev–Trinajstić information content (AvgIpc) is 3.14. The van der Waals surface area contributed by atoms with Crippen LogP contribution < -0.4 is 4.72 Å². The molecule has 1 aliphatic heterocycles. The Morgan fingerprint density at radius 1 is 1.19 bits per heavy atom. The van der Waals surface area contributed by atoms with Crippen LogP contribution in [-0.4, -0.2) is 51.1 Å². The minimum Gasteiger partial charge on any atom is -0.378 e. The molecule has 6 nitrogen and oxygen atoms in total. The van der Waals surface area contributed by atoms with Gasteiger partial charge >= 0.3 is 0 Å². The number of benzene rings is 1. The number of carbonyl (C=O) groups is 1. The van der Waals surface area contributed by atoms with Gasteiger partial charge < -0.3 is 9.64 Å². The number of rotatable bonds is 6. The number of amides is 1. The molecule has 144 valence electrons. The fraction of sp³-hybridized carbons (Fsp3) is 0.632. The summed E-state index contributed by atoms with van der Waals surface area (Å²) in [6, 6.07) is 6.38. The quantitative estimate of drug-likeness (QED) is 0.823. The molecule has 26 heavy (non-hydrogen) atoms. The zero-order valence-electron chi connectivity index (χ0n) is 15.3. The Bertz CT molecular complexity index is 721. The average molecular weight is 381 g/mol. The summed E-state index contributed by atoms with van der Waals surface area (Å²) >= 11 is 0. The molecular formula is C19H28N2O4S. The molecule has 1 aromatic rings. The van der Waals surface area contributed by atoms with E-state index in [-0.39, 0.29) is 22.9 Å². The van der Waals surface area contributed by atoms with Crippen LogP contribution in [0.2, 0.25) is 0 Å². The summed E-state index contributed by atoms with van der Waals surface area (Å²) in [5, 5.41) is 0. The van der Waals surface area contributed by atoms with Gasteiger partial charge in [0.05, 0.1) is 11.0 Å². The lowest BCUT2D eigenvalue weighted by molar-refractivity contribution is 0.0146. The molecule has 1 aliphatic carbocycles. The summed E-state index contributed by atoms with van der Waals surface area (Å²) in [7, 11) is -3.59. The summed E-state index contributed by atoms with van der Waals surface area (Å²) < 4.78 is 33.6. The van der Waals surface area contributed by atoms with Crippen LogP contribution in [0.15, 0.2) is 29.2 Å². The molecule has 1 saturated heterocycles. The van der Waals surface area contributed by atoms with Crippen LogP contribution in [0.5, 0.6) is 0 Å². The van der Waals surface area contributed by atoms with Gasteiger partial charge in [0, 0.05) is 31.3 Å². The number of hydrogen-bond donors (Lipinski definition) is 1. The molecule has 3 rings (SSSR count). The van der Waals surface area contributed by atoms with Crippen molar-refractivity contribution in [2.24, 2.45) is 0 Å². The highest BCUT2D eigenvalue weighted by atomic mass is 32.2. The Labute approximate surface area is 156 Å². The Hall–Kier alpha value is -1.44. The molecule has 0 unspecified atom stereocenters. The minimum absolute atomic E-state index is 0.0111. The first-order valence-corrected chi connectivity index (χ1v) is 11.0. The van der Waals surface area contributed by atoms with Gasteiger partial charge in [0.1, 0.15) is 0 Å². The first-order chi connectivity index (χ1) is 12.5. The van der Waals surface area contributed by atoms with E-state index in [1.165, 1.54) is 6.07 Å². The summed E-state index contributed by atoms with van der Waals surface area (Å²) in [4.78, 5) is 14.7. The Kier molecular flexibility index (Phi) is 6.32. The van der Waals surface area contributed by atoms with Crippen molar-refractivity contribution in [3.8, 4) is 0 Å². The second kappa shape index (κ2) is 8.50. The third kappa shape index (κ3) is 4.64. The van der Waals surface area contributed by atoms with E-state index in [1.54, 1.807) is 23.1 Å². The Balaban J connectivity index is 1.67. The number of ether oxygens (including phenoxy) is 1. The van der Waals surface area contributed by atoms with Gasteiger partial charge in [-0.15, -0.1) is 0 Å². The van der Waals surface area contributed by atoms with E-state index in [2.05, 4.69) is 4.72 Å². The van der Waals surface area contributed by atoms with Gasteiger partial charge in [-0.2, -0.15) is 0 Å². The van der Waals surface area contributed by atoms with Crippen molar-refractivity contribution >= 4 is 15.9 Å². The van der Waals surface area contributed by atoms with E-state index in [4.69, 9.17) is 4.74 Å². The van der Waals surface area contributed by atoms with Crippen LogP contribution in [0.1, 0.15) is 55.8 Å². The Morgan fingerprint density at radius 2 is 1.88 bits per heavy atom. The number of sulfonamides is 1. The monoisotopic (exact) mass is 380 g/mol. The van der Waals surface area contributed by atoms with Crippen molar-refractivity contribution in [3.05, 3.63) is 29.8 Å². The van der Waals surface area contributed by atoms with E-state index in [9.17, 15) is 13.2 Å². The highest BCUT2D eigenvalue weighted by Crippen LogP contribution is 2.22. The van der Waals surface area contributed by atoms with Crippen molar-refractivity contribution in [1.29, 1.82) is 0 Å². The molecule has 2 aliphatic rings. The molecule has 1 heterocycles. The third-order valence-corrected chi connectivity index (χ3v) is 6.72. The molecule has 0 spiro atoms. The highest BCUT2D eigenvalue weighted by Gasteiger charge is 2.26. The maximum atomic E-state index is 12.8. The second-order valence-electron chi connectivity index (χ2n) is 7.08. The number of nitrogens with zero attached hydrogens (tertiary/aromatic N) is 1. The van der Waals surface area contributed by atoms with Crippen molar-refractivity contribution in [2.75, 3.05) is 19.7 Å². The molecule has 1 saturated carbocycles. The van der Waals surface area contributed by atoms with Gasteiger partial charge in [-0.05, 0) is 50.8 Å². The van der Waals surface area contributed by atoms with Crippen LogP contribution in [0, 0.1) is 0 Å². The molecule has 1 amide bonds. The summed E-state index contributed by atoms with van der Waals surface area (Å²) in [5.74, 6) is -0.113.